The fourth-order valence-corrected chi connectivity index (χ4v) is 0.543. The van der Waals surface area contributed by atoms with Crippen LogP contribution in [0.2, 0.25) is 0 Å². The van der Waals surface area contributed by atoms with Crippen LogP contribution in [0.25, 0.3) is 0 Å². The summed E-state index contributed by atoms with van der Waals surface area (Å²) in [6.45, 7) is 1.97. The van der Waals surface area contributed by atoms with Gasteiger partial charge in [0.2, 0.25) is 0 Å². The second-order valence-corrected chi connectivity index (χ2v) is 2.11. The van der Waals surface area contributed by atoms with Gasteiger partial charge in [-0.3, -0.25) is 3.59 Å². The van der Waals surface area contributed by atoms with E-state index in [4.69, 9.17) is 0 Å². The molecule has 0 spiro atoms. The summed E-state index contributed by atoms with van der Waals surface area (Å²) in [5.74, 6) is 0. The maximum Gasteiger partial charge on any atom is 0.105 e. The van der Waals surface area contributed by atoms with Gasteiger partial charge in [-0.1, -0.05) is 0 Å². The lowest BCUT2D eigenvalue weighted by atomic mass is 10.6. The van der Waals surface area contributed by atoms with E-state index in [1.165, 1.54) is 0 Å². The van der Waals surface area contributed by atoms with Crippen LogP contribution >= 0.6 is 16.1 Å². The Labute approximate surface area is 50.5 Å². The first-order valence-electron chi connectivity index (χ1n) is 1.96. The SMILES string of the molecule is Cc1cncn1Br. The first kappa shape index (κ1) is 4.84. The molecule has 38 valence electrons. The van der Waals surface area contributed by atoms with Crippen molar-refractivity contribution in [1.82, 2.24) is 8.58 Å². The zero-order valence-corrected chi connectivity index (χ0v) is 5.51. The van der Waals surface area contributed by atoms with E-state index >= 15 is 0 Å². The number of aryl methyl sites for hydroxylation is 1. The number of nitrogens with zero attached hydrogens (tertiary/aromatic N) is 2. The van der Waals surface area contributed by atoms with Gasteiger partial charge in [-0.25, -0.2) is 4.98 Å². The third-order valence-corrected chi connectivity index (χ3v) is 1.51. The zero-order chi connectivity index (χ0) is 5.28. The molecule has 0 radical (unpaired) electrons. The molecule has 1 heterocycles. The average molecular weight is 161 g/mol. The lowest BCUT2D eigenvalue weighted by Crippen LogP contribution is -1.74. The van der Waals surface area contributed by atoms with E-state index in [1.807, 2.05) is 6.92 Å². The van der Waals surface area contributed by atoms with Crippen LogP contribution in [0.1, 0.15) is 5.69 Å². The Morgan fingerprint density at radius 2 is 2.57 bits per heavy atom. The maximum absolute atomic E-state index is 3.84. The Bertz CT molecular complexity index is 142. The third-order valence-electron chi connectivity index (χ3n) is 0.766. The molecule has 0 fully saturated rings. The van der Waals surface area contributed by atoms with E-state index in [0.717, 1.165) is 5.69 Å². The van der Waals surface area contributed by atoms with Crippen LogP contribution < -0.4 is 0 Å². The topological polar surface area (TPSA) is 17.8 Å². The van der Waals surface area contributed by atoms with Gasteiger partial charge in [-0.15, -0.1) is 0 Å². The van der Waals surface area contributed by atoms with Gasteiger partial charge in [0.05, 0.1) is 16.1 Å². The second kappa shape index (κ2) is 1.66. The van der Waals surface area contributed by atoms with Crippen molar-refractivity contribution in [2.24, 2.45) is 0 Å². The minimum absolute atomic E-state index is 1.11. The van der Waals surface area contributed by atoms with Crippen LogP contribution in [0.4, 0.5) is 0 Å². The van der Waals surface area contributed by atoms with Crippen LogP contribution in [0.15, 0.2) is 12.5 Å². The molecule has 1 rings (SSSR count). The Kier molecular flexibility index (Phi) is 1.15. The molecule has 0 aromatic carbocycles. The molecule has 0 saturated heterocycles. The number of hydrogen-bond donors (Lipinski definition) is 0. The monoisotopic (exact) mass is 160 g/mol. The summed E-state index contributed by atoms with van der Waals surface area (Å²) in [4.78, 5) is 3.84. The molecular weight excluding hydrogens is 156 g/mol. The highest BCUT2D eigenvalue weighted by Crippen LogP contribution is 1.98. The molecule has 0 saturated carbocycles. The van der Waals surface area contributed by atoms with Gasteiger partial charge in [0.15, 0.2) is 0 Å². The average Bonchev–Trinajstić information content (AvgIpc) is 1.91. The van der Waals surface area contributed by atoms with Crippen LogP contribution in [-0.4, -0.2) is 8.58 Å². The molecule has 3 heteroatoms. The summed E-state index contributed by atoms with van der Waals surface area (Å²) >= 11 is 3.22. The van der Waals surface area contributed by atoms with E-state index in [0.29, 0.717) is 0 Å². The van der Waals surface area contributed by atoms with Crippen molar-refractivity contribution in [3.63, 3.8) is 0 Å². The smallest absolute Gasteiger partial charge is 0.105 e. The van der Waals surface area contributed by atoms with Gasteiger partial charge >= 0.3 is 0 Å². The van der Waals surface area contributed by atoms with Crippen LogP contribution in [0.3, 0.4) is 0 Å². The highest BCUT2D eigenvalue weighted by molar-refractivity contribution is 9.08. The molecule has 1 aromatic heterocycles. The van der Waals surface area contributed by atoms with Gasteiger partial charge in [-0.2, -0.15) is 0 Å². The van der Waals surface area contributed by atoms with Gasteiger partial charge in [0.1, 0.15) is 6.33 Å². The predicted octanol–water partition coefficient (Wildman–Crippen LogP) is 1.35. The molecule has 0 atom stereocenters. The first-order chi connectivity index (χ1) is 3.30. The van der Waals surface area contributed by atoms with E-state index in [1.54, 1.807) is 16.1 Å². The summed E-state index contributed by atoms with van der Waals surface area (Å²) in [6, 6.07) is 0. The van der Waals surface area contributed by atoms with E-state index in [-0.39, 0.29) is 0 Å². The normalized spacial score (nSPS) is 9.43. The molecule has 0 unspecified atom stereocenters. The van der Waals surface area contributed by atoms with Crippen molar-refractivity contribution >= 4 is 16.1 Å². The minimum atomic E-state index is 1.11. The minimum Gasteiger partial charge on any atom is -0.270 e. The Hall–Kier alpha value is -0.310. The summed E-state index contributed by atoms with van der Waals surface area (Å²) in [5.41, 5.74) is 1.11. The predicted molar refractivity (Wildman–Crippen MR) is 31.3 cm³/mol. The molecular formula is C4H5BrN2. The van der Waals surface area contributed by atoms with Crippen molar-refractivity contribution in [2.75, 3.05) is 0 Å². The quantitative estimate of drug-likeness (QED) is 0.561. The number of halogens is 1. The van der Waals surface area contributed by atoms with Crippen molar-refractivity contribution in [2.45, 2.75) is 6.92 Å². The van der Waals surface area contributed by atoms with Crippen LogP contribution in [0, 0.1) is 6.92 Å². The molecule has 2 nitrogen and oxygen atoms in total. The Morgan fingerprint density at radius 1 is 1.86 bits per heavy atom. The van der Waals surface area contributed by atoms with E-state index in [9.17, 15) is 0 Å². The fraction of sp³-hybridized carbons (Fsp3) is 0.250. The standard InChI is InChI=1S/C4H5BrN2/c1-4-2-6-3-7(4)5/h2-3H,1H3. The highest BCUT2D eigenvalue weighted by Gasteiger charge is 1.85. The largest absolute Gasteiger partial charge is 0.270 e. The molecule has 1 aromatic rings. The van der Waals surface area contributed by atoms with Crippen molar-refractivity contribution in [3.8, 4) is 0 Å². The van der Waals surface area contributed by atoms with Gasteiger partial charge < -0.3 is 0 Å². The lowest BCUT2D eigenvalue weighted by Gasteiger charge is -1.83. The first-order valence-corrected chi connectivity index (χ1v) is 2.67. The van der Waals surface area contributed by atoms with E-state index in [2.05, 4.69) is 21.1 Å². The van der Waals surface area contributed by atoms with Crippen molar-refractivity contribution in [3.05, 3.63) is 18.2 Å². The number of rotatable bonds is 0. The highest BCUT2D eigenvalue weighted by atomic mass is 79.9. The number of aromatic nitrogens is 2. The Balaban J connectivity index is 3.12. The summed E-state index contributed by atoms with van der Waals surface area (Å²) in [5, 5.41) is 0. The summed E-state index contributed by atoms with van der Waals surface area (Å²) in [7, 11) is 0. The molecule has 7 heavy (non-hydrogen) atoms. The molecule has 0 aliphatic carbocycles. The van der Waals surface area contributed by atoms with Gasteiger partial charge in [0, 0.05) is 11.9 Å². The summed E-state index contributed by atoms with van der Waals surface area (Å²) < 4.78 is 1.78. The van der Waals surface area contributed by atoms with Gasteiger partial charge in [-0.05, 0) is 6.92 Å². The second-order valence-electron chi connectivity index (χ2n) is 1.35. The van der Waals surface area contributed by atoms with Crippen LogP contribution in [-0.2, 0) is 0 Å². The zero-order valence-electron chi connectivity index (χ0n) is 3.93. The summed E-state index contributed by atoms with van der Waals surface area (Å²) in [6.07, 6.45) is 3.49. The van der Waals surface area contributed by atoms with Crippen molar-refractivity contribution in [1.29, 1.82) is 0 Å². The third kappa shape index (κ3) is 0.825. The fourth-order valence-electron chi connectivity index (χ4n) is 0.346. The lowest BCUT2D eigenvalue weighted by molar-refractivity contribution is 1.19. The van der Waals surface area contributed by atoms with Gasteiger partial charge in [0.25, 0.3) is 0 Å². The molecule has 0 bridgehead atoms. The number of imidazole rings is 1. The van der Waals surface area contributed by atoms with Crippen molar-refractivity contribution < 1.29 is 0 Å². The molecule has 0 N–H and O–H groups in total. The molecule has 0 aliphatic heterocycles. The molecule has 0 amide bonds. The van der Waals surface area contributed by atoms with E-state index < -0.39 is 0 Å². The number of hydrogen-bond acceptors (Lipinski definition) is 1. The Morgan fingerprint density at radius 3 is 2.71 bits per heavy atom. The van der Waals surface area contributed by atoms with Crippen LogP contribution in [0.5, 0.6) is 0 Å². The molecule has 0 aliphatic rings. The maximum atomic E-state index is 3.84.